The summed E-state index contributed by atoms with van der Waals surface area (Å²) in [5.74, 6) is 0.946. The van der Waals surface area contributed by atoms with Gasteiger partial charge in [-0.3, -0.25) is 4.57 Å². The number of rotatable bonds is 3. The number of para-hydroxylation sites is 3. The smallest absolute Gasteiger partial charge is 0.145 e. The number of nitrogens with zero attached hydrogens (tertiary/aromatic N) is 3. The summed E-state index contributed by atoms with van der Waals surface area (Å²) in [5, 5.41) is 5.30. The van der Waals surface area contributed by atoms with Crippen LogP contribution in [-0.4, -0.2) is 14.0 Å². The van der Waals surface area contributed by atoms with Gasteiger partial charge in [-0.25, -0.2) is 4.98 Å². The fourth-order valence-corrected chi connectivity index (χ4v) is 7.53. The van der Waals surface area contributed by atoms with Crippen molar-refractivity contribution in [1.29, 1.82) is 0 Å². The molecule has 0 saturated heterocycles. The molecule has 0 spiro atoms. The van der Waals surface area contributed by atoms with E-state index in [1.807, 2.05) is 0 Å². The molecule has 0 fully saturated rings. The van der Waals surface area contributed by atoms with Gasteiger partial charge in [0.2, 0.25) is 0 Å². The molecule has 6 aromatic carbocycles. The molecule has 0 amide bonds. The lowest BCUT2D eigenvalue weighted by atomic mass is 9.84. The summed E-state index contributed by atoms with van der Waals surface area (Å²) >= 11 is 0. The number of imidazole rings is 1. The Hall–Kier alpha value is -5.41. The van der Waals surface area contributed by atoms with E-state index in [-0.39, 0.29) is 10.8 Å². The molecule has 9 rings (SSSR count). The average Bonchev–Trinajstić information content (AvgIpc) is 3.74. The van der Waals surface area contributed by atoms with E-state index in [0.29, 0.717) is 0 Å². The van der Waals surface area contributed by atoms with Crippen molar-refractivity contribution in [2.45, 2.75) is 52.4 Å². The van der Waals surface area contributed by atoms with Gasteiger partial charge in [0.05, 0.1) is 27.6 Å². The number of hydrogen-bond acceptors (Lipinski definition) is 1. The van der Waals surface area contributed by atoms with E-state index in [0.717, 1.165) is 28.1 Å². The highest BCUT2D eigenvalue weighted by molar-refractivity contribution is 6.24. The number of benzene rings is 6. The summed E-state index contributed by atoms with van der Waals surface area (Å²) in [7, 11) is 0. The Morgan fingerprint density at radius 2 is 1.06 bits per heavy atom. The van der Waals surface area contributed by atoms with E-state index < -0.39 is 0 Å². The van der Waals surface area contributed by atoms with Crippen LogP contribution in [-0.2, 0) is 10.8 Å². The maximum absolute atomic E-state index is 5.14. The molecule has 3 aromatic heterocycles. The highest BCUT2D eigenvalue weighted by atomic mass is 15.1. The highest BCUT2D eigenvalue weighted by Crippen LogP contribution is 2.44. The van der Waals surface area contributed by atoms with Crippen molar-refractivity contribution in [2.75, 3.05) is 0 Å². The molecule has 0 aliphatic heterocycles. The molecule has 9 aromatic rings. The molecule has 0 saturated carbocycles. The molecular formula is C45H39N3. The molecule has 3 nitrogen and oxygen atoms in total. The summed E-state index contributed by atoms with van der Waals surface area (Å²) in [4.78, 5) is 5.14. The fourth-order valence-electron chi connectivity index (χ4n) is 7.53. The Bertz CT molecular complexity index is 2670. The molecule has 234 valence electrons. The Morgan fingerprint density at radius 1 is 0.458 bits per heavy atom. The maximum Gasteiger partial charge on any atom is 0.145 e. The van der Waals surface area contributed by atoms with Crippen molar-refractivity contribution in [1.82, 2.24) is 14.0 Å². The van der Waals surface area contributed by atoms with Gasteiger partial charge in [0, 0.05) is 32.8 Å². The second-order valence-corrected chi connectivity index (χ2v) is 15.4. The third-order valence-corrected chi connectivity index (χ3v) is 10.2. The first-order valence-corrected chi connectivity index (χ1v) is 17.0. The van der Waals surface area contributed by atoms with Crippen LogP contribution in [0.2, 0.25) is 0 Å². The zero-order valence-electron chi connectivity index (χ0n) is 28.5. The second-order valence-electron chi connectivity index (χ2n) is 15.4. The molecule has 0 bridgehead atoms. The molecule has 0 unspecified atom stereocenters. The zero-order valence-corrected chi connectivity index (χ0v) is 28.5. The fraction of sp³-hybridized carbons (Fsp3) is 0.178. The minimum Gasteiger partial charge on any atom is -0.308 e. The highest BCUT2D eigenvalue weighted by Gasteiger charge is 2.24. The first-order valence-electron chi connectivity index (χ1n) is 17.0. The molecule has 3 heterocycles. The van der Waals surface area contributed by atoms with E-state index in [1.54, 1.807) is 0 Å². The van der Waals surface area contributed by atoms with Crippen molar-refractivity contribution in [3.05, 3.63) is 139 Å². The van der Waals surface area contributed by atoms with Gasteiger partial charge in [0.15, 0.2) is 0 Å². The van der Waals surface area contributed by atoms with Crippen LogP contribution in [0, 0.1) is 0 Å². The third-order valence-electron chi connectivity index (χ3n) is 10.2. The van der Waals surface area contributed by atoms with Gasteiger partial charge in [-0.2, -0.15) is 0 Å². The largest absolute Gasteiger partial charge is 0.308 e. The van der Waals surface area contributed by atoms with Gasteiger partial charge < -0.3 is 4.40 Å². The van der Waals surface area contributed by atoms with E-state index in [2.05, 4.69) is 178 Å². The van der Waals surface area contributed by atoms with E-state index in [1.165, 1.54) is 60.3 Å². The molecular weight excluding hydrogens is 583 g/mol. The predicted molar refractivity (Wildman–Crippen MR) is 204 cm³/mol. The standard InChI is InChI=1S/C45H39N3/c1-44(2,3)31-20-22-40-35(25-31)37-27-32(45(4,5)6)26-36-34-24-29(19-21-39(34)48(40)42(36)37)28-13-12-14-30(23-28)43-46-38-17-10-11-18-41(38)47(43)33-15-8-7-9-16-33/h7-27H,1-6H3. The topological polar surface area (TPSA) is 22.2 Å². The predicted octanol–water partition coefficient (Wildman–Crippen LogP) is 12.1. The van der Waals surface area contributed by atoms with Crippen LogP contribution in [0.5, 0.6) is 0 Å². The SMILES string of the molecule is CC(C)(C)c1ccc2c(c1)c1cc(C(C)(C)C)cc3c4cc(-c5cccc(-c6nc7ccccc7n6-c6ccccc6)c5)ccc4n2c31. The molecule has 0 atom stereocenters. The number of hydrogen-bond donors (Lipinski definition) is 0. The molecule has 48 heavy (non-hydrogen) atoms. The van der Waals surface area contributed by atoms with Gasteiger partial charge >= 0.3 is 0 Å². The van der Waals surface area contributed by atoms with Gasteiger partial charge in [0.25, 0.3) is 0 Å². The summed E-state index contributed by atoms with van der Waals surface area (Å²) in [6.45, 7) is 13.9. The summed E-state index contributed by atoms with van der Waals surface area (Å²) in [6.07, 6.45) is 0. The van der Waals surface area contributed by atoms with E-state index in [9.17, 15) is 0 Å². The molecule has 0 aliphatic rings. The van der Waals surface area contributed by atoms with Gasteiger partial charge in [-0.1, -0.05) is 102 Å². The second kappa shape index (κ2) is 10.0. The Balaban J connectivity index is 1.26. The Kier molecular flexibility index (Phi) is 6.02. The van der Waals surface area contributed by atoms with Crippen LogP contribution >= 0.6 is 0 Å². The van der Waals surface area contributed by atoms with E-state index in [4.69, 9.17) is 4.98 Å². The number of fused-ring (bicyclic) bond motifs is 7. The molecule has 0 aliphatic carbocycles. The lowest BCUT2D eigenvalue weighted by Crippen LogP contribution is -2.11. The quantitative estimate of drug-likeness (QED) is 0.192. The van der Waals surface area contributed by atoms with Crippen molar-refractivity contribution >= 4 is 49.1 Å². The Labute approximate surface area is 281 Å². The van der Waals surface area contributed by atoms with Crippen LogP contribution in [0.15, 0.2) is 127 Å². The third kappa shape index (κ3) is 4.30. The lowest BCUT2D eigenvalue weighted by molar-refractivity contribution is 0.590. The van der Waals surface area contributed by atoms with Crippen LogP contribution in [0.25, 0.3) is 77.3 Å². The maximum atomic E-state index is 5.14. The van der Waals surface area contributed by atoms with Crippen molar-refractivity contribution in [2.24, 2.45) is 0 Å². The minimum atomic E-state index is 0.0274. The van der Waals surface area contributed by atoms with E-state index >= 15 is 0 Å². The summed E-state index contributed by atoms with van der Waals surface area (Å²) in [5.41, 5.74) is 13.4. The zero-order chi connectivity index (χ0) is 32.9. The molecule has 0 N–H and O–H groups in total. The summed E-state index contributed by atoms with van der Waals surface area (Å²) in [6, 6.07) is 46.8. The van der Waals surface area contributed by atoms with Crippen molar-refractivity contribution in [3.63, 3.8) is 0 Å². The average molecular weight is 622 g/mol. The van der Waals surface area contributed by atoms with Gasteiger partial charge in [0.1, 0.15) is 5.82 Å². The van der Waals surface area contributed by atoms with Crippen molar-refractivity contribution in [3.8, 4) is 28.2 Å². The van der Waals surface area contributed by atoms with Gasteiger partial charge in [-0.05, 0) is 99.8 Å². The molecule has 0 radical (unpaired) electrons. The lowest BCUT2D eigenvalue weighted by Gasteiger charge is -2.20. The van der Waals surface area contributed by atoms with Crippen LogP contribution in [0.4, 0.5) is 0 Å². The Morgan fingerprint density at radius 3 is 1.79 bits per heavy atom. The van der Waals surface area contributed by atoms with Gasteiger partial charge in [-0.15, -0.1) is 0 Å². The monoisotopic (exact) mass is 621 g/mol. The normalized spacial score (nSPS) is 12.8. The minimum absolute atomic E-state index is 0.0274. The van der Waals surface area contributed by atoms with Crippen molar-refractivity contribution < 1.29 is 0 Å². The van der Waals surface area contributed by atoms with Crippen LogP contribution in [0.3, 0.4) is 0 Å². The molecule has 3 heteroatoms. The first kappa shape index (κ1) is 28.8. The summed E-state index contributed by atoms with van der Waals surface area (Å²) < 4.78 is 4.77. The van der Waals surface area contributed by atoms with Crippen LogP contribution in [0.1, 0.15) is 52.7 Å². The number of aromatic nitrogens is 3. The first-order chi connectivity index (χ1) is 23.1. The van der Waals surface area contributed by atoms with Crippen LogP contribution < -0.4 is 0 Å².